The van der Waals surface area contributed by atoms with Crippen molar-refractivity contribution in [3.63, 3.8) is 0 Å². The van der Waals surface area contributed by atoms with Crippen LogP contribution in [0.2, 0.25) is 0 Å². The number of rotatable bonds is 4. The average Bonchev–Trinajstić information content (AvgIpc) is 3.40. The summed E-state index contributed by atoms with van der Waals surface area (Å²) in [4.78, 5) is 26.1. The Kier molecular flexibility index (Phi) is 5.23. The van der Waals surface area contributed by atoms with E-state index in [1.54, 1.807) is 31.6 Å². The molecule has 3 aromatic rings. The standard InChI is InChI=1S/C23H26N6O2/c1-17-26-27-21(31-17)20-12-23(16-29(20)22(30)19-5-3-9-25-14-19)6-10-28(11-7-23)15-18-4-2-8-24-13-18/h2-5,8-9,13-14,20H,6-7,10-12,15-16H2,1H3. The van der Waals surface area contributed by atoms with Crippen molar-refractivity contribution in [2.75, 3.05) is 19.6 Å². The fourth-order valence-corrected chi connectivity index (χ4v) is 4.89. The molecule has 160 valence electrons. The van der Waals surface area contributed by atoms with Crippen LogP contribution in [0, 0.1) is 12.3 Å². The normalized spacial score (nSPS) is 20.9. The zero-order valence-corrected chi connectivity index (χ0v) is 17.6. The molecule has 0 saturated carbocycles. The van der Waals surface area contributed by atoms with E-state index >= 15 is 0 Å². The molecular formula is C23H26N6O2. The van der Waals surface area contributed by atoms with E-state index in [2.05, 4.69) is 31.1 Å². The maximum atomic E-state index is 13.3. The molecule has 2 aliphatic heterocycles. The van der Waals surface area contributed by atoms with Gasteiger partial charge in [-0.15, -0.1) is 10.2 Å². The molecule has 2 fully saturated rings. The first-order chi connectivity index (χ1) is 15.1. The monoisotopic (exact) mass is 418 g/mol. The molecule has 0 aliphatic carbocycles. The summed E-state index contributed by atoms with van der Waals surface area (Å²) in [5.41, 5.74) is 1.89. The van der Waals surface area contributed by atoms with E-state index in [0.29, 0.717) is 23.9 Å². The van der Waals surface area contributed by atoms with Crippen molar-refractivity contribution < 1.29 is 9.21 Å². The lowest BCUT2D eigenvalue weighted by Gasteiger charge is -2.39. The smallest absolute Gasteiger partial charge is 0.256 e. The molecule has 8 heteroatoms. The number of carbonyl (C=O) groups is 1. The Morgan fingerprint density at radius 1 is 1.13 bits per heavy atom. The summed E-state index contributed by atoms with van der Waals surface area (Å²) in [6.07, 6.45) is 9.96. The maximum absolute atomic E-state index is 13.3. The van der Waals surface area contributed by atoms with E-state index in [-0.39, 0.29) is 17.4 Å². The fourth-order valence-electron chi connectivity index (χ4n) is 4.89. The number of hydrogen-bond donors (Lipinski definition) is 0. The number of likely N-dealkylation sites (tertiary alicyclic amines) is 2. The van der Waals surface area contributed by atoms with Crippen molar-refractivity contribution in [3.8, 4) is 0 Å². The van der Waals surface area contributed by atoms with Crippen LogP contribution in [0.4, 0.5) is 0 Å². The second kappa shape index (κ2) is 8.19. The molecule has 3 aromatic heterocycles. The number of aryl methyl sites for hydroxylation is 1. The van der Waals surface area contributed by atoms with Crippen molar-refractivity contribution >= 4 is 5.91 Å². The summed E-state index contributed by atoms with van der Waals surface area (Å²) in [5, 5.41) is 8.27. The Labute approximate surface area is 181 Å². The predicted octanol–water partition coefficient (Wildman–Crippen LogP) is 3.04. The highest BCUT2D eigenvalue weighted by atomic mass is 16.4. The minimum absolute atomic E-state index is 0.0244. The molecule has 1 spiro atoms. The van der Waals surface area contributed by atoms with E-state index < -0.39 is 0 Å². The third kappa shape index (κ3) is 4.07. The molecule has 0 radical (unpaired) electrons. The Hall–Kier alpha value is -3.13. The molecule has 1 amide bonds. The molecule has 2 aliphatic rings. The van der Waals surface area contributed by atoms with Gasteiger partial charge in [0.2, 0.25) is 11.8 Å². The number of aromatic nitrogens is 4. The Balaban J connectivity index is 1.34. The van der Waals surface area contributed by atoms with Gasteiger partial charge in [-0.05, 0) is 61.5 Å². The van der Waals surface area contributed by atoms with Crippen LogP contribution >= 0.6 is 0 Å². The molecule has 0 aromatic carbocycles. The molecule has 2 saturated heterocycles. The molecule has 5 rings (SSSR count). The first-order valence-electron chi connectivity index (χ1n) is 10.7. The van der Waals surface area contributed by atoms with E-state index in [0.717, 1.165) is 38.9 Å². The maximum Gasteiger partial charge on any atom is 0.256 e. The van der Waals surface area contributed by atoms with Crippen molar-refractivity contribution in [1.29, 1.82) is 0 Å². The van der Waals surface area contributed by atoms with Gasteiger partial charge in [0.05, 0.1) is 5.56 Å². The second-order valence-corrected chi connectivity index (χ2v) is 8.69. The van der Waals surface area contributed by atoms with Gasteiger partial charge in [-0.1, -0.05) is 6.07 Å². The van der Waals surface area contributed by atoms with Gasteiger partial charge in [0, 0.05) is 44.8 Å². The second-order valence-electron chi connectivity index (χ2n) is 8.69. The first kappa shape index (κ1) is 19.8. The van der Waals surface area contributed by atoms with Gasteiger partial charge >= 0.3 is 0 Å². The van der Waals surface area contributed by atoms with Crippen LogP contribution in [0.1, 0.15) is 53.0 Å². The van der Waals surface area contributed by atoms with Gasteiger partial charge in [0.25, 0.3) is 5.91 Å². The van der Waals surface area contributed by atoms with Gasteiger partial charge in [-0.25, -0.2) is 0 Å². The summed E-state index contributed by atoms with van der Waals surface area (Å²) < 4.78 is 5.77. The van der Waals surface area contributed by atoms with E-state index in [1.807, 2.05) is 23.2 Å². The third-order valence-electron chi connectivity index (χ3n) is 6.55. The topological polar surface area (TPSA) is 88.3 Å². The summed E-state index contributed by atoms with van der Waals surface area (Å²) in [5.74, 6) is 1.03. The lowest BCUT2D eigenvalue weighted by molar-refractivity contribution is 0.0667. The van der Waals surface area contributed by atoms with Crippen molar-refractivity contribution in [3.05, 3.63) is 72.0 Å². The Morgan fingerprint density at radius 3 is 2.55 bits per heavy atom. The SMILES string of the molecule is Cc1nnc(C2CC3(CCN(Cc4cccnc4)CC3)CN2C(=O)c2cccnc2)o1. The largest absolute Gasteiger partial charge is 0.423 e. The zero-order chi connectivity index (χ0) is 21.3. The molecule has 1 unspecified atom stereocenters. The van der Waals surface area contributed by atoms with Crippen LogP contribution in [0.3, 0.4) is 0 Å². The van der Waals surface area contributed by atoms with Gasteiger partial charge in [0.1, 0.15) is 6.04 Å². The lowest BCUT2D eigenvalue weighted by atomic mass is 9.76. The number of piperidine rings is 1. The third-order valence-corrected chi connectivity index (χ3v) is 6.55. The predicted molar refractivity (Wildman–Crippen MR) is 113 cm³/mol. The average molecular weight is 419 g/mol. The summed E-state index contributed by atoms with van der Waals surface area (Å²) >= 11 is 0. The number of carbonyl (C=O) groups excluding carboxylic acids is 1. The van der Waals surface area contributed by atoms with Crippen LogP contribution in [0.5, 0.6) is 0 Å². The quantitative estimate of drug-likeness (QED) is 0.643. The minimum Gasteiger partial charge on any atom is -0.423 e. The van der Waals surface area contributed by atoms with E-state index in [4.69, 9.17) is 4.42 Å². The van der Waals surface area contributed by atoms with E-state index in [9.17, 15) is 4.79 Å². The summed E-state index contributed by atoms with van der Waals surface area (Å²) in [6, 6.07) is 7.51. The van der Waals surface area contributed by atoms with Crippen LogP contribution in [-0.2, 0) is 6.54 Å². The molecule has 0 N–H and O–H groups in total. The highest BCUT2D eigenvalue weighted by Crippen LogP contribution is 2.49. The first-order valence-corrected chi connectivity index (χ1v) is 10.7. The van der Waals surface area contributed by atoms with Crippen LogP contribution in [0.25, 0.3) is 0 Å². The Bertz CT molecular complexity index is 1030. The highest BCUT2D eigenvalue weighted by molar-refractivity contribution is 5.94. The zero-order valence-electron chi connectivity index (χ0n) is 17.6. The fraction of sp³-hybridized carbons (Fsp3) is 0.435. The van der Waals surface area contributed by atoms with Crippen LogP contribution < -0.4 is 0 Å². The van der Waals surface area contributed by atoms with Crippen molar-refractivity contribution in [2.45, 2.75) is 38.8 Å². The number of hydrogen-bond acceptors (Lipinski definition) is 7. The van der Waals surface area contributed by atoms with Crippen molar-refractivity contribution in [1.82, 2.24) is 30.0 Å². The lowest BCUT2D eigenvalue weighted by Crippen LogP contribution is -2.42. The van der Waals surface area contributed by atoms with Crippen molar-refractivity contribution in [2.24, 2.45) is 5.41 Å². The number of nitrogens with zero attached hydrogens (tertiary/aromatic N) is 6. The van der Waals surface area contributed by atoms with E-state index in [1.165, 1.54) is 5.56 Å². The van der Waals surface area contributed by atoms with Crippen LogP contribution in [0.15, 0.2) is 53.5 Å². The van der Waals surface area contributed by atoms with Gasteiger partial charge < -0.3 is 9.32 Å². The molecule has 0 bridgehead atoms. The summed E-state index contributed by atoms with van der Waals surface area (Å²) in [6.45, 7) is 5.40. The summed E-state index contributed by atoms with van der Waals surface area (Å²) in [7, 11) is 0. The number of pyridine rings is 2. The van der Waals surface area contributed by atoms with Gasteiger partial charge in [-0.3, -0.25) is 19.7 Å². The Morgan fingerprint density at radius 2 is 1.90 bits per heavy atom. The number of amides is 1. The molecule has 5 heterocycles. The van der Waals surface area contributed by atoms with Gasteiger partial charge in [0.15, 0.2) is 0 Å². The molecule has 1 atom stereocenters. The van der Waals surface area contributed by atoms with Gasteiger partial charge in [-0.2, -0.15) is 0 Å². The van der Waals surface area contributed by atoms with Crippen LogP contribution in [-0.4, -0.2) is 55.5 Å². The molecule has 8 nitrogen and oxygen atoms in total. The highest BCUT2D eigenvalue weighted by Gasteiger charge is 2.49. The minimum atomic E-state index is -0.196. The molecule has 31 heavy (non-hydrogen) atoms. The molecular weight excluding hydrogens is 392 g/mol.